The van der Waals surface area contributed by atoms with E-state index in [1.54, 1.807) is 24.3 Å². The zero-order valence-electron chi connectivity index (χ0n) is 15.2. The molecule has 1 aromatic rings. The minimum absolute atomic E-state index is 0. The molecular formula is C17H25Cl2N5O3. The predicted octanol–water partition coefficient (Wildman–Crippen LogP) is 0.787. The summed E-state index contributed by atoms with van der Waals surface area (Å²) in [6.07, 6.45) is 2.01. The van der Waals surface area contributed by atoms with E-state index in [-0.39, 0.29) is 43.3 Å². The Morgan fingerprint density at radius 1 is 1.26 bits per heavy atom. The van der Waals surface area contributed by atoms with Crippen LogP contribution in [0.2, 0.25) is 0 Å². The lowest BCUT2D eigenvalue weighted by Gasteiger charge is -2.14. The van der Waals surface area contributed by atoms with Gasteiger partial charge in [0.2, 0.25) is 0 Å². The topological polar surface area (TPSA) is 123 Å². The molecule has 0 atom stereocenters. The molecule has 0 unspecified atom stereocenters. The maximum absolute atomic E-state index is 12.4. The number of carbonyl (C=O) groups excluding carboxylic acids is 2. The molecule has 2 amide bonds. The lowest BCUT2D eigenvalue weighted by Crippen LogP contribution is -2.31. The number of fused-ring (bicyclic) bond motifs is 1. The fraction of sp³-hybridized carbons (Fsp3) is 0.353. The highest BCUT2D eigenvalue weighted by Crippen LogP contribution is 2.30. The van der Waals surface area contributed by atoms with Crippen LogP contribution in [0, 0.1) is 0 Å². The molecular weight excluding hydrogens is 393 g/mol. The van der Waals surface area contributed by atoms with E-state index in [0.29, 0.717) is 35.4 Å². The number of ether oxygens (including phenoxy) is 1. The normalized spacial score (nSPS) is 12.2. The van der Waals surface area contributed by atoms with Crippen molar-refractivity contribution in [2.45, 2.75) is 6.42 Å². The SMILES string of the molecule is CN(C)CCNC(=O)c1cccc2c1OCCC(C(=O)N=C(N)N)=C2.Cl.Cl. The number of likely N-dealkylation sites (N-methyl/N-ethyl adjacent to an activating group) is 1. The molecule has 0 fully saturated rings. The maximum Gasteiger partial charge on any atom is 0.276 e. The largest absolute Gasteiger partial charge is 0.492 e. The molecule has 0 aliphatic carbocycles. The van der Waals surface area contributed by atoms with Crippen molar-refractivity contribution in [1.82, 2.24) is 10.2 Å². The van der Waals surface area contributed by atoms with Gasteiger partial charge in [-0.2, -0.15) is 4.99 Å². The van der Waals surface area contributed by atoms with E-state index in [2.05, 4.69) is 10.3 Å². The Bertz CT molecular complexity index is 731. The highest BCUT2D eigenvalue weighted by Gasteiger charge is 2.20. The first-order valence-electron chi connectivity index (χ1n) is 7.91. The average molecular weight is 418 g/mol. The molecule has 0 saturated carbocycles. The average Bonchev–Trinajstić information content (AvgIpc) is 2.75. The van der Waals surface area contributed by atoms with E-state index in [1.807, 2.05) is 19.0 Å². The second kappa shape index (κ2) is 11.4. The Labute approximate surface area is 170 Å². The Kier molecular flexibility index (Phi) is 10.5. The van der Waals surface area contributed by atoms with Gasteiger partial charge in [0.25, 0.3) is 11.8 Å². The van der Waals surface area contributed by atoms with E-state index in [0.717, 1.165) is 6.54 Å². The fourth-order valence-electron chi connectivity index (χ4n) is 2.38. The van der Waals surface area contributed by atoms with Crippen LogP contribution in [-0.2, 0) is 4.79 Å². The standard InChI is InChI=1S/C17H23N5O3.2ClH/c1-22(2)8-7-20-16(24)13-5-3-4-11-10-12(6-9-25-14(11)13)15(23)21-17(18)19;;/h3-5,10H,6-9H2,1-2H3,(H,20,24)(H4,18,19,21,23);2*1H. The molecule has 0 bridgehead atoms. The van der Waals surface area contributed by atoms with Crippen LogP contribution in [0.1, 0.15) is 22.3 Å². The maximum atomic E-state index is 12.4. The summed E-state index contributed by atoms with van der Waals surface area (Å²) in [6, 6.07) is 5.22. The zero-order chi connectivity index (χ0) is 18.4. The van der Waals surface area contributed by atoms with Gasteiger partial charge < -0.3 is 26.4 Å². The molecule has 0 spiro atoms. The van der Waals surface area contributed by atoms with E-state index in [9.17, 15) is 9.59 Å². The molecule has 1 aromatic carbocycles. The second-order valence-corrected chi connectivity index (χ2v) is 5.89. The number of hydrogen-bond acceptors (Lipinski definition) is 4. The van der Waals surface area contributed by atoms with Crippen LogP contribution in [-0.4, -0.2) is 56.5 Å². The van der Waals surface area contributed by atoms with Crippen LogP contribution in [0.15, 0.2) is 28.8 Å². The lowest BCUT2D eigenvalue weighted by atomic mass is 10.0. The number of nitrogens with zero attached hydrogens (tertiary/aromatic N) is 2. The quantitative estimate of drug-likeness (QED) is 0.480. The smallest absolute Gasteiger partial charge is 0.276 e. The number of nitrogens with two attached hydrogens (primary N) is 2. The minimum Gasteiger partial charge on any atom is -0.492 e. The molecule has 2 rings (SSSR count). The first-order chi connectivity index (χ1) is 11.9. The molecule has 1 aliphatic rings. The van der Waals surface area contributed by atoms with Gasteiger partial charge in [-0.25, -0.2) is 0 Å². The van der Waals surface area contributed by atoms with Crippen molar-refractivity contribution in [2.24, 2.45) is 16.5 Å². The van der Waals surface area contributed by atoms with Gasteiger partial charge in [-0.1, -0.05) is 12.1 Å². The van der Waals surface area contributed by atoms with Crippen molar-refractivity contribution in [1.29, 1.82) is 0 Å². The molecule has 0 radical (unpaired) electrons. The first kappa shape index (κ1) is 24.7. The van der Waals surface area contributed by atoms with Crippen LogP contribution < -0.4 is 21.5 Å². The third-order valence-corrected chi connectivity index (χ3v) is 3.59. The van der Waals surface area contributed by atoms with Gasteiger partial charge in [0.15, 0.2) is 5.96 Å². The van der Waals surface area contributed by atoms with Crippen molar-refractivity contribution in [3.8, 4) is 5.75 Å². The number of aliphatic imine (C=N–C) groups is 1. The molecule has 5 N–H and O–H groups in total. The second-order valence-electron chi connectivity index (χ2n) is 5.89. The van der Waals surface area contributed by atoms with E-state index >= 15 is 0 Å². The number of carbonyl (C=O) groups is 2. The van der Waals surface area contributed by atoms with Gasteiger partial charge in [0.05, 0.1) is 12.2 Å². The molecule has 0 saturated heterocycles. The lowest BCUT2D eigenvalue weighted by molar-refractivity contribution is -0.114. The third kappa shape index (κ3) is 7.09. The van der Waals surface area contributed by atoms with Crippen molar-refractivity contribution >= 4 is 48.7 Å². The number of amides is 2. The molecule has 1 heterocycles. The Morgan fingerprint density at radius 2 is 1.96 bits per heavy atom. The van der Waals surface area contributed by atoms with Crippen LogP contribution in [0.3, 0.4) is 0 Å². The molecule has 27 heavy (non-hydrogen) atoms. The third-order valence-electron chi connectivity index (χ3n) is 3.59. The van der Waals surface area contributed by atoms with Crippen molar-refractivity contribution in [2.75, 3.05) is 33.8 Å². The molecule has 1 aliphatic heterocycles. The van der Waals surface area contributed by atoms with Gasteiger partial charge in [-0.05, 0) is 26.2 Å². The number of nitrogens with one attached hydrogen (secondary N) is 1. The summed E-state index contributed by atoms with van der Waals surface area (Å²) in [7, 11) is 3.87. The number of hydrogen-bond donors (Lipinski definition) is 3. The van der Waals surface area contributed by atoms with E-state index in [1.165, 1.54) is 0 Å². The Morgan fingerprint density at radius 3 is 2.59 bits per heavy atom. The summed E-state index contributed by atoms with van der Waals surface area (Å²) >= 11 is 0. The van der Waals surface area contributed by atoms with Gasteiger partial charge in [0.1, 0.15) is 5.75 Å². The molecule has 150 valence electrons. The van der Waals surface area contributed by atoms with Crippen LogP contribution in [0.25, 0.3) is 6.08 Å². The number of benzene rings is 1. The molecule has 8 nitrogen and oxygen atoms in total. The fourth-order valence-corrected chi connectivity index (χ4v) is 2.38. The van der Waals surface area contributed by atoms with Gasteiger partial charge >= 0.3 is 0 Å². The van der Waals surface area contributed by atoms with Crippen molar-refractivity contribution < 1.29 is 14.3 Å². The Balaban J connectivity index is 0.00000338. The summed E-state index contributed by atoms with van der Waals surface area (Å²) in [4.78, 5) is 30.0. The summed E-state index contributed by atoms with van der Waals surface area (Å²) in [5.74, 6) is -0.550. The summed E-state index contributed by atoms with van der Waals surface area (Å²) in [5.41, 5.74) is 12.0. The number of halogens is 2. The minimum atomic E-state index is -0.503. The highest BCUT2D eigenvalue weighted by molar-refractivity contribution is 6.05. The van der Waals surface area contributed by atoms with Crippen molar-refractivity contribution in [3.63, 3.8) is 0 Å². The summed E-state index contributed by atoms with van der Waals surface area (Å²) in [6.45, 7) is 1.52. The number of para-hydroxylation sites is 1. The number of guanidine groups is 1. The predicted molar refractivity (Wildman–Crippen MR) is 111 cm³/mol. The monoisotopic (exact) mass is 417 g/mol. The van der Waals surface area contributed by atoms with Crippen LogP contribution in [0.5, 0.6) is 5.75 Å². The van der Waals surface area contributed by atoms with Crippen LogP contribution >= 0.6 is 24.8 Å². The molecule has 10 heteroatoms. The van der Waals surface area contributed by atoms with Gasteiger partial charge in [0, 0.05) is 30.6 Å². The van der Waals surface area contributed by atoms with Crippen LogP contribution in [0.4, 0.5) is 0 Å². The van der Waals surface area contributed by atoms with E-state index in [4.69, 9.17) is 16.2 Å². The first-order valence-corrected chi connectivity index (χ1v) is 7.91. The number of rotatable bonds is 5. The Hall–Kier alpha value is -2.29. The summed E-state index contributed by atoms with van der Waals surface area (Å²) in [5, 5.41) is 2.86. The van der Waals surface area contributed by atoms with Gasteiger partial charge in [-0.3, -0.25) is 9.59 Å². The summed E-state index contributed by atoms with van der Waals surface area (Å²) < 4.78 is 5.73. The zero-order valence-corrected chi connectivity index (χ0v) is 16.9. The highest BCUT2D eigenvalue weighted by atomic mass is 35.5. The van der Waals surface area contributed by atoms with E-state index < -0.39 is 5.91 Å². The molecule has 0 aromatic heterocycles. The van der Waals surface area contributed by atoms with Gasteiger partial charge in [-0.15, -0.1) is 24.8 Å². The van der Waals surface area contributed by atoms with Crippen molar-refractivity contribution in [3.05, 3.63) is 34.9 Å².